The van der Waals surface area contributed by atoms with Crippen molar-refractivity contribution in [1.82, 2.24) is 5.32 Å². The summed E-state index contributed by atoms with van der Waals surface area (Å²) in [5.41, 5.74) is 3.19. The fourth-order valence-corrected chi connectivity index (χ4v) is 3.27. The van der Waals surface area contributed by atoms with E-state index < -0.39 is 12.1 Å². The Morgan fingerprint density at radius 2 is 1.81 bits per heavy atom. The lowest BCUT2D eigenvalue weighted by atomic mass is 10.2. The molecular formula is C21H25NO4S. The number of rotatable bonds is 8. The van der Waals surface area contributed by atoms with Gasteiger partial charge in [-0.2, -0.15) is 0 Å². The second-order valence-electron chi connectivity index (χ2n) is 6.26. The number of esters is 1. The van der Waals surface area contributed by atoms with Crippen molar-refractivity contribution in [3.63, 3.8) is 0 Å². The van der Waals surface area contributed by atoms with Gasteiger partial charge in [0.1, 0.15) is 5.75 Å². The van der Waals surface area contributed by atoms with E-state index in [1.807, 2.05) is 56.3 Å². The molecule has 1 N–H and O–H groups in total. The summed E-state index contributed by atoms with van der Waals surface area (Å²) < 4.78 is 10.3. The molecule has 27 heavy (non-hydrogen) atoms. The van der Waals surface area contributed by atoms with Crippen molar-refractivity contribution >= 4 is 23.6 Å². The van der Waals surface area contributed by atoms with Crippen LogP contribution in [0.15, 0.2) is 47.4 Å². The molecule has 0 radical (unpaired) electrons. The molecule has 2 aromatic rings. The standard InChI is InChI=1S/C21H25NO4S/c1-14-5-6-15(2)19(11-14)27-13-20(23)26-16(3)21(24)22-12-17-7-9-18(25-4)10-8-17/h5-11,16H,12-13H2,1-4H3,(H,22,24)/t16-/m0/s1. The van der Waals surface area contributed by atoms with E-state index in [0.717, 1.165) is 27.3 Å². The van der Waals surface area contributed by atoms with Gasteiger partial charge in [-0.3, -0.25) is 9.59 Å². The van der Waals surface area contributed by atoms with Crippen molar-refractivity contribution in [2.45, 2.75) is 38.3 Å². The maximum atomic E-state index is 12.1. The second-order valence-corrected chi connectivity index (χ2v) is 7.27. The number of nitrogens with one attached hydrogen (secondary N) is 1. The van der Waals surface area contributed by atoms with Gasteiger partial charge in [0.05, 0.1) is 12.9 Å². The molecule has 2 rings (SSSR count). The molecule has 6 heteroatoms. The molecule has 144 valence electrons. The molecule has 0 spiro atoms. The average molecular weight is 388 g/mol. The Labute approximate surface area is 164 Å². The Kier molecular flexibility index (Phi) is 7.73. The van der Waals surface area contributed by atoms with Gasteiger partial charge in [0.15, 0.2) is 6.10 Å². The van der Waals surface area contributed by atoms with E-state index in [1.54, 1.807) is 14.0 Å². The van der Waals surface area contributed by atoms with Gasteiger partial charge in [-0.25, -0.2) is 0 Å². The maximum absolute atomic E-state index is 12.1. The van der Waals surface area contributed by atoms with Crippen LogP contribution in [0, 0.1) is 13.8 Å². The highest BCUT2D eigenvalue weighted by molar-refractivity contribution is 8.00. The van der Waals surface area contributed by atoms with Gasteiger partial charge in [0.2, 0.25) is 0 Å². The van der Waals surface area contributed by atoms with Gasteiger partial charge in [-0.05, 0) is 50.1 Å². The monoisotopic (exact) mass is 387 g/mol. The molecule has 0 bridgehead atoms. The zero-order valence-corrected chi connectivity index (χ0v) is 16.9. The number of methoxy groups -OCH3 is 1. The SMILES string of the molecule is COc1ccc(CNC(=O)[C@H](C)OC(=O)CSc2cc(C)ccc2C)cc1. The zero-order chi connectivity index (χ0) is 19.8. The lowest BCUT2D eigenvalue weighted by Crippen LogP contribution is -2.35. The Hall–Kier alpha value is -2.47. The molecule has 5 nitrogen and oxygen atoms in total. The molecule has 0 heterocycles. The predicted octanol–water partition coefficient (Wildman–Crippen LogP) is 3.65. The van der Waals surface area contributed by atoms with Crippen LogP contribution in [0.1, 0.15) is 23.6 Å². The highest BCUT2D eigenvalue weighted by Crippen LogP contribution is 2.23. The third-order valence-corrected chi connectivity index (χ3v) is 5.12. The number of hydrogen-bond acceptors (Lipinski definition) is 5. The van der Waals surface area contributed by atoms with Gasteiger partial charge >= 0.3 is 5.97 Å². The summed E-state index contributed by atoms with van der Waals surface area (Å²) in [7, 11) is 1.60. The minimum Gasteiger partial charge on any atom is -0.497 e. The van der Waals surface area contributed by atoms with Gasteiger partial charge in [0, 0.05) is 11.4 Å². The zero-order valence-electron chi connectivity index (χ0n) is 16.1. The van der Waals surface area contributed by atoms with Crippen molar-refractivity contribution < 1.29 is 19.1 Å². The van der Waals surface area contributed by atoms with Crippen LogP contribution in [0.5, 0.6) is 5.75 Å². The number of amides is 1. The molecule has 0 saturated heterocycles. The molecular weight excluding hydrogens is 362 g/mol. The van der Waals surface area contributed by atoms with E-state index in [4.69, 9.17) is 9.47 Å². The molecule has 0 aliphatic carbocycles. The van der Waals surface area contributed by atoms with Gasteiger partial charge < -0.3 is 14.8 Å². The number of benzene rings is 2. The summed E-state index contributed by atoms with van der Waals surface area (Å²) in [5.74, 6) is 0.193. The second kappa shape index (κ2) is 10.0. The van der Waals surface area contributed by atoms with Gasteiger partial charge in [-0.1, -0.05) is 29.8 Å². The van der Waals surface area contributed by atoms with Crippen molar-refractivity contribution in [3.05, 3.63) is 59.2 Å². The summed E-state index contributed by atoms with van der Waals surface area (Å²) >= 11 is 1.42. The first kappa shape index (κ1) is 20.8. The first-order valence-electron chi connectivity index (χ1n) is 8.69. The van der Waals surface area contributed by atoms with Crippen molar-refractivity contribution in [2.75, 3.05) is 12.9 Å². The highest BCUT2D eigenvalue weighted by Gasteiger charge is 2.18. The van der Waals surface area contributed by atoms with E-state index in [2.05, 4.69) is 5.32 Å². The van der Waals surface area contributed by atoms with Crippen LogP contribution in [0.2, 0.25) is 0 Å². The van der Waals surface area contributed by atoms with E-state index in [-0.39, 0.29) is 11.7 Å². The number of ether oxygens (including phenoxy) is 2. The van der Waals surface area contributed by atoms with Crippen molar-refractivity contribution in [2.24, 2.45) is 0 Å². The van der Waals surface area contributed by atoms with Crippen LogP contribution in [0.4, 0.5) is 0 Å². The largest absolute Gasteiger partial charge is 0.497 e. The summed E-state index contributed by atoms with van der Waals surface area (Å²) in [4.78, 5) is 25.2. The Balaban J connectivity index is 1.77. The quantitative estimate of drug-likeness (QED) is 0.553. The fraction of sp³-hybridized carbons (Fsp3) is 0.333. The summed E-state index contributed by atoms with van der Waals surface area (Å²) in [6, 6.07) is 13.5. The Morgan fingerprint density at radius 1 is 1.11 bits per heavy atom. The number of thioether (sulfide) groups is 1. The van der Waals surface area contributed by atoms with Crippen LogP contribution >= 0.6 is 11.8 Å². The van der Waals surface area contributed by atoms with Gasteiger partial charge in [-0.15, -0.1) is 11.8 Å². The Morgan fingerprint density at radius 3 is 2.48 bits per heavy atom. The number of carbonyl (C=O) groups excluding carboxylic acids is 2. The molecule has 1 atom stereocenters. The molecule has 2 aromatic carbocycles. The third kappa shape index (κ3) is 6.64. The van der Waals surface area contributed by atoms with Crippen LogP contribution in [-0.4, -0.2) is 30.8 Å². The van der Waals surface area contributed by atoms with E-state index in [0.29, 0.717) is 6.54 Å². The Bertz CT molecular complexity index is 789. The van der Waals surface area contributed by atoms with E-state index in [1.165, 1.54) is 11.8 Å². The highest BCUT2D eigenvalue weighted by atomic mass is 32.2. The summed E-state index contributed by atoms with van der Waals surface area (Å²) in [6.45, 7) is 5.95. The summed E-state index contributed by atoms with van der Waals surface area (Å²) in [5, 5.41) is 2.77. The molecule has 1 amide bonds. The van der Waals surface area contributed by atoms with Crippen LogP contribution in [-0.2, 0) is 20.9 Å². The smallest absolute Gasteiger partial charge is 0.317 e. The minimum absolute atomic E-state index is 0.167. The predicted molar refractivity (Wildman–Crippen MR) is 107 cm³/mol. The normalized spacial score (nSPS) is 11.6. The lowest BCUT2D eigenvalue weighted by molar-refractivity contribution is -0.152. The van der Waals surface area contributed by atoms with Crippen molar-refractivity contribution in [1.29, 1.82) is 0 Å². The molecule has 0 saturated carbocycles. The molecule has 0 fully saturated rings. The average Bonchev–Trinajstić information content (AvgIpc) is 2.67. The van der Waals surface area contributed by atoms with Crippen LogP contribution < -0.4 is 10.1 Å². The number of carbonyl (C=O) groups is 2. The first-order valence-corrected chi connectivity index (χ1v) is 9.67. The van der Waals surface area contributed by atoms with E-state index in [9.17, 15) is 9.59 Å². The summed E-state index contributed by atoms with van der Waals surface area (Å²) in [6.07, 6.45) is -0.838. The lowest BCUT2D eigenvalue weighted by Gasteiger charge is -2.14. The fourth-order valence-electron chi connectivity index (χ4n) is 2.36. The minimum atomic E-state index is -0.838. The van der Waals surface area contributed by atoms with Crippen LogP contribution in [0.25, 0.3) is 0 Å². The van der Waals surface area contributed by atoms with E-state index >= 15 is 0 Å². The molecule has 0 unspecified atom stereocenters. The van der Waals surface area contributed by atoms with Crippen molar-refractivity contribution in [3.8, 4) is 5.75 Å². The molecule has 0 aliphatic heterocycles. The maximum Gasteiger partial charge on any atom is 0.317 e. The number of hydrogen-bond donors (Lipinski definition) is 1. The number of aryl methyl sites for hydroxylation is 2. The first-order chi connectivity index (χ1) is 12.9. The van der Waals surface area contributed by atoms with Crippen LogP contribution in [0.3, 0.4) is 0 Å². The topological polar surface area (TPSA) is 64.6 Å². The third-order valence-electron chi connectivity index (χ3n) is 3.99. The molecule has 0 aliphatic rings. The molecule has 0 aromatic heterocycles. The van der Waals surface area contributed by atoms with Gasteiger partial charge in [0.25, 0.3) is 5.91 Å².